The van der Waals surface area contributed by atoms with Crippen molar-refractivity contribution in [3.8, 4) is 0 Å². The van der Waals surface area contributed by atoms with Crippen LogP contribution in [0.5, 0.6) is 0 Å². The number of nitrogens with two attached hydrogens (primary N) is 1. The molecule has 0 spiro atoms. The molecule has 0 atom stereocenters. The maximum Gasteiger partial charge on any atom is 0.202 e. The zero-order valence-corrected chi connectivity index (χ0v) is 11.7. The first-order valence-electron chi connectivity index (χ1n) is 5.76. The zero-order valence-electron chi connectivity index (χ0n) is 10.1. The molecule has 0 fully saturated rings. The summed E-state index contributed by atoms with van der Waals surface area (Å²) in [6, 6.07) is 5.21. The van der Waals surface area contributed by atoms with Gasteiger partial charge < -0.3 is 5.73 Å². The lowest BCUT2D eigenvalue weighted by atomic mass is 10.2. The van der Waals surface area contributed by atoms with Crippen molar-refractivity contribution in [3.05, 3.63) is 52.1 Å². The number of nitrogens with zero attached hydrogens (tertiary/aromatic N) is 3. The van der Waals surface area contributed by atoms with E-state index in [2.05, 4.69) is 25.9 Å². The monoisotopic (exact) mass is 338 g/mol. The van der Waals surface area contributed by atoms with Crippen LogP contribution in [0.1, 0.15) is 5.56 Å². The Morgan fingerprint density at radius 2 is 2.05 bits per heavy atom. The number of fused-ring (bicyclic) bond motifs is 1. The number of pyridine rings is 1. The Kier molecular flexibility index (Phi) is 3.13. The Labute approximate surface area is 121 Å². The fraction of sp³-hybridized carbons (Fsp3) is 0.0769. The largest absolute Gasteiger partial charge is 0.369 e. The molecule has 4 nitrogen and oxygen atoms in total. The summed E-state index contributed by atoms with van der Waals surface area (Å²) in [7, 11) is 0. The van der Waals surface area contributed by atoms with Crippen molar-refractivity contribution in [3.63, 3.8) is 0 Å². The van der Waals surface area contributed by atoms with Gasteiger partial charge in [0.25, 0.3) is 0 Å². The van der Waals surface area contributed by atoms with Gasteiger partial charge in [-0.05, 0) is 28.1 Å². The number of anilines is 1. The molecule has 0 unspecified atom stereocenters. The Hall–Kier alpha value is -2.02. The van der Waals surface area contributed by atoms with Gasteiger partial charge in [0.05, 0.1) is 6.54 Å². The van der Waals surface area contributed by atoms with E-state index in [1.165, 1.54) is 12.1 Å². The zero-order chi connectivity index (χ0) is 14.3. The highest BCUT2D eigenvalue weighted by Gasteiger charge is 2.12. The van der Waals surface area contributed by atoms with Crippen LogP contribution in [0.25, 0.3) is 11.2 Å². The first-order valence-corrected chi connectivity index (χ1v) is 6.55. The second-order valence-electron chi connectivity index (χ2n) is 4.29. The number of hydrogen-bond acceptors (Lipinski definition) is 3. The molecule has 20 heavy (non-hydrogen) atoms. The smallest absolute Gasteiger partial charge is 0.202 e. The standard InChI is InChI=1S/C13H9BrF2N4/c14-8-3-11-12(18-5-8)20(13(17)19-11)6-7-1-2-9(15)4-10(7)16/h1-5H,6H2,(H2,17,19). The fourth-order valence-electron chi connectivity index (χ4n) is 1.98. The first-order chi connectivity index (χ1) is 9.54. The Morgan fingerprint density at radius 1 is 1.25 bits per heavy atom. The Bertz CT molecular complexity index is 800. The maximum atomic E-state index is 13.7. The number of aromatic nitrogens is 3. The molecule has 0 bridgehead atoms. The van der Waals surface area contributed by atoms with Gasteiger partial charge in [-0.3, -0.25) is 4.57 Å². The second-order valence-corrected chi connectivity index (χ2v) is 5.20. The average molecular weight is 339 g/mol. The minimum atomic E-state index is -0.622. The van der Waals surface area contributed by atoms with E-state index in [-0.39, 0.29) is 12.5 Å². The van der Waals surface area contributed by atoms with Crippen LogP contribution in [0.2, 0.25) is 0 Å². The van der Waals surface area contributed by atoms with Gasteiger partial charge in [-0.25, -0.2) is 18.7 Å². The minimum absolute atomic E-state index is 0.142. The Balaban J connectivity index is 2.08. The summed E-state index contributed by atoms with van der Waals surface area (Å²) in [5, 5.41) is 0. The van der Waals surface area contributed by atoms with Crippen LogP contribution in [-0.4, -0.2) is 14.5 Å². The van der Waals surface area contributed by atoms with E-state index in [0.717, 1.165) is 10.5 Å². The molecule has 0 aliphatic carbocycles. The quantitative estimate of drug-likeness (QED) is 0.781. The third-order valence-corrected chi connectivity index (χ3v) is 3.36. The molecule has 0 amide bonds. The highest BCUT2D eigenvalue weighted by molar-refractivity contribution is 9.10. The summed E-state index contributed by atoms with van der Waals surface area (Å²) < 4.78 is 29.0. The number of nitrogen functional groups attached to an aromatic ring is 1. The molecule has 3 aromatic rings. The van der Waals surface area contributed by atoms with E-state index in [4.69, 9.17) is 5.73 Å². The van der Waals surface area contributed by atoms with Crippen LogP contribution in [0, 0.1) is 11.6 Å². The summed E-state index contributed by atoms with van der Waals surface area (Å²) in [4.78, 5) is 8.39. The van der Waals surface area contributed by atoms with Crippen LogP contribution in [0.4, 0.5) is 14.7 Å². The van der Waals surface area contributed by atoms with Crippen molar-refractivity contribution in [1.29, 1.82) is 0 Å². The highest BCUT2D eigenvalue weighted by Crippen LogP contribution is 2.21. The molecule has 102 valence electrons. The predicted octanol–water partition coefficient (Wildman–Crippen LogP) is 3.10. The summed E-state index contributed by atoms with van der Waals surface area (Å²) in [5.74, 6) is -1.01. The van der Waals surface area contributed by atoms with Crippen LogP contribution >= 0.6 is 15.9 Å². The van der Waals surface area contributed by atoms with Gasteiger partial charge >= 0.3 is 0 Å². The third kappa shape index (κ3) is 2.24. The van der Waals surface area contributed by atoms with E-state index >= 15 is 0 Å². The summed E-state index contributed by atoms with van der Waals surface area (Å²) in [6.45, 7) is 0.142. The van der Waals surface area contributed by atoms with Crippen LogP contribution in [0.15, 0.2) is 34.9 Å². The number of hydrogen-bond donors (Lipinski definition) is 1. The molecular weight excluding hydrogens is 330 g/mol. The van der Waals surface area contributed by atoms with Gasteiger partial charge in [0.15, 0.2) is 5.65 Å². The molecule has 1 aromatic carbocycles. The molecule has 0 radical (unpaired) electrons. The minimum Gasteiger partial charge on any atom is -0.369 e. The van der Waals surface area contributed by atoms with E-state index in [1.54, 1.807) is 16.8 Å². The van der Waals surface area contributed by atoms with Gasteiger partial charge in [0, 0.05) is 22.3 Å². The van der Waals surface area contributed by atoms with Crippen molar-refractivity contribution >= 4 is 33.0 Å². The normalized spacial score (nSPS) is 11.2. The summed E-state index contributed by atoms with van der Waals surface area (Å²) in [5.41, 5.74) is 7.31. The lowest BCUT2D eigenvalue weighted by Crippen LogP contribution is -2.07. The number of rotatable bonds is 2. The molecule has 0 saturated heterocycles. The van der Waals surface area contributed by atoms with E-state index in [9.17, 15) is 8.78 Å². The van der Waals surface area contributed by atoms with E-state index in [0.29, 0.717) is 16.7 Å². The lowest BCUT2D eigenvalue weighted by molar-refractivity contribution is 0.567. The highest BCUT2D eigenvalue weighted by atomic mass is 79.9. The average Bonchev–Trinajstić information content (AvgIpc) is 2.68. The number of benzene rings is 1. The van der Waals surface area contributed by atoms with Gasteiger partial charge in [0.1, 0.15) is 17.2 Å². The molecule has 0 aliphatic rings. The van der Waals surface area contributed by atoms with Gasteiger partial charge in [-0.1, -0.05) is 6.07 Å². The van der Waals surface area contributed by atoms with E-state index in [1.807, 2.05) is 0 Å². The molecule has 0 aliphatic heterocycles. The van der Waals surface area contributed by atoms with E-state index < -0.39 is 11.6 Å². The SMILES string of the molecule is Nc1nc2cc(Br)cnc2n1Cc1ccc(F)cc1F. The fourth-order valence-corrected chi connectivity index (χ4v) is 2.30. The first kappa shape index (κ1) is 13.0. The van der Waals surface area contributed by atoms with Crippen molar-refractivity contribution in [2.45, 2.75) is 6.54 Å². The Morgan fingerprint density at radius 3 is 2.80 bits per heavy atom. The lowest BCUT2D eigenvalue weighted by Gasteiger charge is -2.07. The second kappa shape index (κ2) is 4.82. The summed E-state index contributed by atoms with van der Waals surface area (Å²) >= 11 is 3.30. The van der Waals surface area contributed by atoms with Crippen molar-refractivity contribution in [2.24, 2.45) is 0 Å². The molecule has 2 N–H and O–H groups in total. The van der Waals surface area contributed by atoms with Crippen LogP contribution in [-0.2, 0) is 6.54 Å². The van der Waals surface area contributed by atoms with Gasteiger partial charge in [0.2, 0.25) is 5.95 Å². The van der Waals surface area contributed by atoms with Crippen LogP contribution < -0.4 is 5.73 Å². The molecule has 2 aromatic heterocycles. The molecular formula is C13H9BrF2N4. The molecule has 0 saturated carbocycles. The third-order valence-electron chi connectivity index (χ3n) is 2.92. The van der Waals surface area contributed by atoms with Gasteiger partial charge in [-0.2, -0.15) is 0 Å². The maximum absolute atomic E-state index is 13.7. The van der Waals surface area contributed by atoms with Crippen LogP contribution in [0.3, 0.4) is 0 Å². The van der Waals surface area contributed by atoms with Gasteiger partial charge in [-0.15, -0.1) is 0 Å². The number of halogens is 3. The number of imidazole rings is 1. The predicted molar refractivity (Wildman–Crippen MR) is 75.1 cm³/mol. The van der Waals surface area contributed by atoms with Crippen molar-refractivity contribution in [2.75, 3.05) is 5.73 Å². The summed E-state index contributed by atoms with van der Waals surface area (Å²) in [6.07, 6.45) is 1.61. The molecule has 3 rings (SSSR count). The molecule has 2 heterocycles. The van der Waals surface area contributed by atoms with Crippen molar-refractivity contribution < 1.29 is 8.78 Å². The molecule has 7 heteroatoms. The van der Waals surface area contributed by atoms with Crippen molar-refractivity contribution in [1.82, 2.24) is 14.5 Å². The topological polar surface area (TPSA) is 56.7 Å².